The molecule has 1 aromatic carbocycles. The highest BCUT2D eigenvalue weighted by Crippen LogP contribution is 2.36. The predicted octanol–water partition coefficient (Wildman–Crippen LogP) is 4.36. The number of amides is 1. The summed E-state index contributed by atoms with van der Waals surface area (Å²) in [5.74, 6) is 0.238. The Labute approximate surface area is 218 Å². The van der Waals surface area contributed by atoms with Gasteiger partial charge in [0.15, 0.2) is 5.82 Å². The molecule has 0 unspecified atom stereocenters. The van der Waals surface area contributed by atoms with Crippen molar-refractivity contribution in [2.45, 2.75) is 13.2 Å². The van der Waals surface area contributed by atoms with E-state index in [0.29, 0.717) is 46.7 Å². The van der Waals surface area contributed by atoms with Gasteiger partial charge in [-0.1, -0.05) is 6.08 Å². The number of anilines is 2. The number of aromatic nitrogens is 5. The molecule has 0 bridgehead atoms. The first-order chi connectivity index (χ1) is 18.4. The van der Waals surface area contributed by atoms with Crippen LogP contribution in [0.3, 0.4) is 0 Å². The zero-order chi connectivity index (χ0) is 26.5. The number of pyridine rings is 1. The number of nitrogens with one attached hydrogen (secondary N) is 3. The van der Waals surface area contributed by atoms with Crippen LogP contribution < -0.4 is 10.6 Å². The third kappa shape index (κ3) is 5.43. The summed E-state index contributed by atoms with van der Waals surface area (Å²) in [4.78, 5) is 33.7. The molecule has 1 saturated heterocycles. The highest BCUT2D eigenvalue weighted by Gasteiger charge is 2.41. The maximum atomic E-state index is 13.6. The van der Waals surface area contributed by atoms with E-state index in [2.05, 4.69) is 37.1 Å². The standard InChI is InChI=1S/C27H26FN7O3/c1-3-11-30-26-31-14-10-20(33-26)22-21(17-4-6-18(28)7-5-17)34-23(35-22)24-37-15-27(2,16-38-24)25(36)32-19-8-12-29-13-9-19/h3-10,12-14,24H,1,11,15-16H2,2H3,(H,34,35)(H,29,32,36)(H,30,31,33). The minimum atomic E-state index is -0.909. The molecule has 0 radical (unpaired) electrons. The summed E-state index contributed by atoms with van der Waals surface area (Å²) in [5.41, 5.74) is 2.12. The van der Waals surface area contributed by atoms with Crippen molar-refractivity contribution >= 4 is 17.5 Å². The van der Waals surface area contributed by atoms with E-state index in [1.165, 1.54) is 12.1 Å². The Bertz CT molecular complexity index is 1420. The lowest BCUT2D eigenvalue weighted by Crippen LogP contribution is -2.45. The van der Waals surface area contributed by atoms with Crippen molar-refractivity contribution in [2.75, 3.05) is 30.4 Å². The molecule has 1 amide bonds. The van der Waals surface area contributed by atoms with E-state index in [1.54, 1.807) is 61.9 Å². The number of halogens is 1. The normalized spacial score (nSPS) is 19.1. The van der Waals surface area contributed by atoms with Crippen molar-refractivity contribution in [3.63, 3.8) is 0 Å². The van der Waals surface area contributed by atoms with Crippen molar-refractivity contribution in [2.24, 2.45) is 5.41 Å². The topological polar surface area (TPSA) is 127 Å². The second-order valence-electron chi connectivity index (χ2n) is 8.99. The Morgan fingerprint density at radius 1 is 1.13 bits per heavy atom. The van der Waals surface area contributed by atoms with Crippen molar-refractivity contribution in [3.05, 3.63) is 85.4 Å². The zero-order valence-corrected chi connectivity index (χ0v) is 20.6. The lowest BCUT2D eigenvalue weighted by Gasteiger charge is -2.35. The van der Waals surface area contributed by atoms with Crippen molar-refractivity contribution in [3.8, 4) is 22.6 Å². The Morgan fingerprint density at radius 3 is 2.58 bits per heavy atom. The summed E-state index contributed by atoms with van der Waals surface area (Å²) in [7, 11) is 0. The first kappa shape index (κ1) is 25.2. The third-order valence-electron chi connectivity index (χ3n) is 5.97. The molecule has 10 nitrogen and oxygen atoms in total. The average Bonchev–Trinajstić information content (AvgIpc) is 3.39. The van der Waals surface area contributed by atoms with Crippen molar-refractivity contribution in [1.82, 2.24) is 24.9 Å². The highest BCUT2D eigenvalue weighted by molar-refractivity contribution is 5.95. The molecule has 38 heavy (non-hydrogen) atoms. The molecule has 0 aliphatic carbocycles. The van der Waals surface area contributed by atoms with E-state index in [9.17, 15) is 9.18 Å². The Morgan fingerprint density at radius 2 is 1.87 bits per heavy atom. The zero-order valence-electron chi connectivity index (χ0n) is 20.6. The highest BCUT2D eigenvalue weighted by atomic mass is 19.1. The lowest BCUT2D eigenvalue weighted by molar-refractivity contribution is -0.229. The Balaban J connectivity index is 1.40. The summed E-state index contributed by atoms with van der Waals surface area (Å²) in [5, 5.41) is 5.93. The van der Waals surface area contributed by atoms with E-state index in [4.69, 9.17) is 14.5 Å². The monoisotopic (exact) mass is 515 g/mol. The molecular weight excluding hydrogens is 489 g/mol. The largest absolute Gasteiger partial charge is 0.351 e. The van der Waals surface area contributed by atoms with Crippen LogP contribution in [-0.4, -0.2) is 50.6 Å². The van der Waals surface area contributed by atoms with E-state index in [-0.39, 0.29) is 24.9 Å². The van der Waals surface area contributed by atoms with Gasteiger partial charge in [-0.05, 0) is 49.4 Å². The van der Waals surface area contributed by atoms with Gasteiger partial charge in [0.25, 0.3) is 0 Å². The van der Waals surface area contributed by atoms with Gasteiger partial charge < -0.3 is 25.1 Å². The fraction of sp³-hybridized carbons (Fsp3) is 0.222. The second kappa shape index (κ2) is 10.9. The molecule has 4 heterocycles. The molecule has 11 heteroatoms. The van der Waals surface area contributed by atoms with Crippen molar-refractivity contribution < 1.29 is 18.7 Å². The average molecular weight is 516 g/mol. The molecule has 5 rings (SSSR count). The second-order valence-corrected chi connectivity index (χ2v) is 8.99. The van der Waals surface area contributed by atoms with Crippen LogP contribution in [0.1, 0.15) is 19.0 Å². The summed E-state index contributed by atoms with van der Waals surface area (Å²) >= 11 is 0. The number of rotatable bonds is 8. The summed E-state index contributed by atoms with van der Waals surface area (Å²) in [6.45, 7) is 6.19. The minimum Gasteiger partial charge on any atom is -0.351 e. The smallest absolute Gasteiger partial charge is 0.235 e. The number of imidazole rings is 1. The molecule has 3 N–H and O–H groups in total. The quantitative estimate of drug-likeness (QED) is 0.296. The van der Waals surface area contributed by atoms with Crippen LogP contribution in [0, 0.1) is 11.2 Å². The van der Waals surface area contributed by atoms with Crippen LogP contribution in [-0.2, 0) is 14.3 Å². The number of nitrogens with zero attached hydrogens (tertiary/aromatic N) is 4. The van der Waals surface area contributed by atoms with E-state index in [1.807, 2.05) is 0 Å². The van der Waals surface area contributed by atoms with Crippen LogP contribution >= 0.6 is 0 Å². The maximum absolute atomic E-state index is 13.6. The van der Waals surface area contributed by atoms with Gasteiger partial charge in [0, 0.05) is 36.4 Å². The SMILES string of the molecule is C=CCNc1nccc(-c2[nH]c(C3OCC(C)(C(=O)Nc4ccncc4)CO3)nc2-c2ccc(F)cc2)n1. The maximum Gasteiger partial charge on any atom is 0.235 e. The van der Waals surface area contributed by atoms with Crippen LogP contribution in [0.2, 0.25) is 0 Å². The van der Waals surface area contributed by atoms with E-state index < -0.39 is 11.7 Å². The molecule has 1 fully saturated rings. The molecule has 1 aliphatic heterocycles. The van der Waals surface area contributed by atoms with Gasteiger partial charge in [-0.2, -0.15) is 0 Å². The molecule has 0 saturated carbocycles. The molecule has 0 atom stereocenters. The molecule has 3 aromatic heterocycles. The predicted molar refractivity (Wildman–Crippen MR) is 139 cm³/mol. The number of ether oxygens (including phenoxy) is 2. The Hall–Kier alpha value is -4.48. The van der Waals surface area contributed by atoms with Gasteiger partial charge in [-0.3, -0.25) is 9.78 Å². The number of H-pyrrole nitrogens is 1. The molecule has 4 aromatic rings. The Kier molecular flexibility index (Phi) is 7.20. The van der Waals surface area contributed by atoms with Gasteiger partial charge in [0.05, 0.1) is 35.7 Å². The van der Waals surface area contributed by atoms with Gasteiger partial charge in [0.1, 0.15) is 5.82 Å². The first-order valence-electron chi connectivity index (χ1n) is 11.9. The van der Waals surface area contributed by atoms with Crippen LogP contribution in [0.5, 0.6) is 0 Å². The molecule has 1 aliphatic rings. The summed E-state index contributed by atoms with van der Waals surface area (Å²) in [6, 6.07) is 11.2. The van der Waals surface area contributed by atoms with Crippen LogP contribution in [0.25, 0.3) is 22.6 Å². The summed E-state index contributed by atoms with van der Waals surface area (Å²) < 4.78 is 25.6. The fourth-order valence-electron chi connectivity index (χ4n) is 3.87. The van der Waals surface area contributed by atoms with Gasteiger partial charge in [0.2, 0.25) is 18.1 Å². The number of carbonyl (C=O) groups is 1. The van der Waals surface area contributed by atoms with Gasteiger partial charge in [-0.25, -0.2) is 19.3 Å². The van der Waals surface area contributed by atoms with Crippen LogP contribution in [0.15, 0.2) is 73.7 Å². The number of carbonyl (C=O) groups excluding carboxylic acids is 1. The number of hydrogen-bond donors (Lipinski definition) is 3. The fourth-order valence-corrected chi connectivity index (χ4v) is 3.87. The van der Waals surface area contributed by atoms with Gasteiger partial charge in [-0.15, -0.1) is 6.58 Å². The van der Waals surface area contributed by atoms with E-state index in [0.717, 1.165) is 0 Å². The third-order valence-corrected chi connectivity index (χ3v) is 5.97. The lowest BCUT2D eigenvalue weighted by atomic mass is 9.91. The number of benzene rings is 1. The molecule has 194 valence electrons. The van der Waals surface area contributed by atoms with Crippen molar-refractivity contribution in [1.29, 1.82) is 0 Å². The minimum absolute atomic E-state index is 0.111. The van der Waals surface area contributed by atoms with Gasteiger partial charge >= 0.3 is 0 Å². The number of hydrogen-bond acceptors (Lipinski definition) is 8. The van der Waals surface area contributed by atoms with E-state index >= 15 is 0 Å². The molecular formula is C27H26FN7O3. The van der Waals surface area contributed by atoms with Crippen LogP contribution in [0.4, 0.5) is 16.0 Å². The summed E-state index contributed by atoms with van der Waals surface area (Å²) in [6.07, 6.45) is 5.70. The number of aromatic amines is 1. The molecule has 0 spiro atoms. The first-order valence-corrected chi connectivity index (χ1v) is 11.9.